The Hall–Kier alpha value is -2.40. The van der Waals surface area contributed by atoms with Crippen molar-refractivity contribution < 1.29 is 9.53 Å². The molecule has 0 radical (unpaired) electrons. The molecule has 1 aromatic carbocycles. The SMILES string of the molecule is C[C@@H]1CN(C(=O)c2ccnc(NC3CC3)c2)C[C@H](c2ccccc2)O1. The maximum atomic E-state index is 13.0. The average molecular weight is 337 g/mol. The van der Waals surface area contributed by atoms with Crippen LogP contribution in [0.25, 0.3) is 0 Å². The summed E-state index contributed by atoms with van der Waals surface area (Å²) in [5.41, 5.74) is 1.79. The molecule has 2 aliphatic rings. The molecular weight excluding hydrogens is 314 g/mol. The van der Waals surface area contributed by atoms with Gasteiger partial charge in [0, 0.05) is 24.3 Å². The smallest absolute Gasteiger partial charge is 0.254 e. The molecule has 1 saturated heterocycles. The molecule has 1 aliphatic heterocycles. The van der Waals surface area contributed by atoms with Crippen molar-refractivity contribution in [2.75, 3.05) is 18.4 Å². The summed E-state index contributed by atoms with van der Waals surface area (Å²) in [6.07, 6.45) is 3.99. The molecule has 1 amide bonds. The predicted octanol–water partition coefficient (Wildman–Crippen LogP) is 3.26. The van der Waals surface area contributed by atoms with Crippen LogP contribution in [0.2, 0.25) is 0 Å². The molecule has 0 unspecified atom stereocenters. The minimum absolute atomic E-state index is 0.00815. The zero-order valence-corrected chi connectivity index (χ0v) is 14.4. The molecule has 2 aromatic rings. The zero-order valence-electron chi connectivity index (χ0n) is 14.4. The molecule has 130 valence electrons. The summed E-state index contributed by atoms with van der Waals surface area (Å²) in [7, 11) is 0. The van der Waals surface area contributed by atoms with Gasteiger partial charge in [-0.3, -0.25) is 4.79 Å². The quantitative estimate of drug-likeness (QED) is 0.930. The van der Waals surface area contributed by atoms with Crippen LogP contribution in [-0.2, 0) is 4.74 Å². The Balaban J connectivity index is 1.50. The highest BCUT2D eigenvalue weighted by atomic mass is 16.5. The van der Waals surface area contributed by atoms with Gasteiger partial charge in [-0.05, 0) is 37.5 Å². The van der Waals surface area contributed by atoms with Crippen molar-refractivity contribution in [1.29, 1.82) is 0 Å². The molecule has 5 nitrogen and oxygen atoms in total. The number of amides is 1. The Morgan fingerprint density at radius 1 is 1.20 bits per heavy atom. The third-order valence-corrected chi connectivity index (χ3v) is 4.66. The Morgan fingerprint density at radius 2 is 2.00 bits per heavy atom. The maximum Gasteiger partial charge on any atom is 0.254 e. The molecular formula is C20H23N3O2. The molecule has 0 spiro atoms. The Bertz CT molecular complexity index is 746. The van der Waals surface area contributed by atoms with E-state index < -0.39 is 0 Å². The molecule has 25 heavy (non-hydrogen) atoms. The van der Waals surface area contributed by atoms with E-state index in [4.69, 9.17) is 4.74 Å². The number of pyridine rings is 1. The van der Waals surface area contributed by atoms with E-state index in [1.807, 2.05) is 36.1 Å². The number of anilines is 1. The molecule has 1 saturated carbocycles. The highest BCUT2D eigenvalue weighted by Gasteiger charge is 2.30. The van der Waals surface area contributed by atoms with Crippen LogP contribution in [0, 0.1) is 0 Å². The number of benzene rings is 1. The van der Waals surface area contributed by atoms with Gasteiger partial charge in [-0.15, -0.1) is 0 Å². The fourth-order valence-corrected chi connectivity index (χ4v) is 3.23. The van der Waals surface area contributed by atoms with Gasteiger partial charge in [-0.2, -0.15) is 0 Å². The predicted molar refractivity (Wildman–Crippen MR) is 96.5 cm³/mol. The second-order valence-electron chi connectivity index (χ2n) is 6.90. The lowest BCUT2D eigenvalue weighted by Gasteiger charge is -2.37. The summed E-state index contributed by atoms with van der Waals surface area (Å²) < 4.78 is 6.05. The number of carbonyl (C=O) groups excluding carboxylic acids is 1. The van der Waals surface area contributed by atoms with Crippen LogP contribution < -0.4 is 5.32 Å². The van der Waals surface area contributed by atoms with Crippen molar-refractivity contribution in [1.82, 2.24) is 9.88 Å². The summed E-state index contributed by atoms with van der Waals surface area (Å²) in [5, 5.41) is 3.35. The third-order valence-electron chi connectivity index (χ3n) is 4.66. The standard InChI is InChI=1S/C20H23N3O2/c1-14-12-23(13-18(25-14)15-5-3-2-4-6-15)20(24)16-9-10-21-19(11-16)22-17-7-8-17/h2-6,9-11,14,17-18H,7-8,12-13H2,1H3,(H,21,22)/t14-,18-/m1/s1. The number of aromatic nitrogens is 1. The van der Waals surface area contributed by atoms with Crippen molar-refractivity contribution in [2.24, 2.45) is 0 Å². The topological polar surface area (TPSA) is 54.5 Å². The van der Waals surface area contributed by atoms with Gasteiger partial charge in [-0.25, -0.2) is 4.98 Å². The van der Waals surface area contributed by atoms with Gasteiger partial charge in [0.25, 0.3) is 5.91 Å². The lowest BCUT2D eigenvalue weighted by molar-refractivity contribution is -0.0691. The highest BCUT2D eigenvalue weighted by molar-refractivity contribution is 5.95. The number of hydrogen-bond acceptors (Lipinski definition) is 4. The summed E-state index contributed by atoms with van der Waals surface area (Å²) in [6, 6.07) is 14.3. The highest BCUT2D eigenvalue weighted by Crippen LogP contribution is 2.27. The Kier molecular flexibility index (Phi) is 4.40. The van der Waals surface area contributed by atoms with E-state index >= 15 is 0 Å². The van der Waals surface area contributed by atoms with Gasteiger partial charge in [0.05, 0.1) is 12.6 Å². The summed E-state index contributed by atoms with van der Waals surface area (Å²) in [5.74, 6) is 0.826. The first kappa shape index (κ1) is 16.1. The minimum Gasteiger partial charge on any atom is -0.367 e. The number of ether oxygens (including phenoxy) is 1. The second-order valence-corrected chi connectivity index (χ2v) is 6.90. The van der Waals surface area contributed by atoms with E-state index in [0.717, 1.165) is 11.4 Å². The molecule has 2 atom stereocenters. The molecule has 2 fully saturated rings. The first-order valence-corrected chi connectivity index (χ1v) is 8.91. The molecule has 4 rings (SSSR count). The number of nitrogens with zero attached hydrogens (tertiary/aromatic N) is 2. The van der Waals surface area contributed by atoms with Crippen molar-refractivity contribution >= 4 is 11.7 Å². The number of hydrogen-bond donors (Lipinski definition) is 1. The third kappa shape index (κ3) is 3.82. The van der Waals surface area contributed by atoms with E-state index in [1.54, 1.807) is 12.3 Å². The number of rotatable bonds is 4. The van der Waals surface area contributed by atoms with Crippen molar-refractivity contribution in [2.45, 2.75) is 38.0 Å². The lowest BCUT2D eigenvalue weighted by Crippen LogP contribution is -2.46. The second kappa shape index (κ2) is 6.84. The van der Waals surface area contributed by atoms with Crippen LogP contribution in [0.3, 0.4) is 0 Å². The molecule has 2 heterocycles. The molecule has 1 aliphatic carbocycles. The summed E-state index contributed by atoms with van der Waals surface area (Å²) >= 11 is 0. The maximum absolute atomic E-state index is 13.0. The Labute approximate surface area is 148 Å². The molecule has 0 bridgehead atoms. The van der Waals surface area contributed by atoms with E-state index in [9.17, 15) is 4.79 Å². The fourth-order valence-electron chi connectivity index (χ4n) is 3.23. The van der Waals surface area contributed by atoms with Crippen LogP contribution in [0.1, 0.15) is 41.8 Å². The summed E-state index contributed by atoms with van der Waals surface area (Å²) in [6.45, 7) is 3.19. The van der Waals surface area contributed by atoms with E-state index in [-0.39, 0.29) is 18.1 Å². The monoisotopic (exact) mass is 337 g/mol. The molecule has 5 heteroatoms. The molecule has 1 N–H and O–H groups in total. The largest absolute Gasteiger partial charge is 0.367 e. The first-order valence-electron chi connectivity index (χ1n) is 8.91. The van der Waals surface area contributed by atoms with Crippen LogP contribution in [0.5, 0.6) is 0 Å². The van der Waals surface area contributed by atoms with Crippen LogP contribution >= 0.6 is 0 Å². The van der Waals surface area contributed by atoms with Gasteiger partial charge >= 0.3 is 0 Å². The van der Waals surface area contributed by atoms with Crippen LogP contribution in [0.4, 0.5) is 5.82 Å². The lowest BCUT2D eigenvalue weighted by atomic mass is 10.1. The van der Waals surface area contributed by atoms with Crippen molar-refractivity contribution in [3.63, 3.8) is 0 Å². The normalized spacial score (nSPS) is 23.3. The molecule has 1 aromatic heterocycles. The number of carbonyl (C=O) groups is 1. The van der Waals surface area contributed by atoms with Crippen LogP contribution in [0.15, 0.2) is 48.7 Å². The van der Waals surface area contributed by atoms with Gasteiger partial charge in [0.2, 0.25) is 0 Å². The van der Waals surface area contributed by atoms with Gasteiger partial charge in [0.1, 0.15) is 11.9 Å². The van der Waals surface area contributed by atoms with Crippen molar-refractivity contribution in [3.8, 4) is 0 Å². The van der Waals surface area contributed by atoms with Crippen LogP contribution in [-0.4, -0.2) is 41.0 Å². The average Bonchev–Trinajstić information content (AvgIpc) is 3.45. The fraction of sp³-hybridized carbons (Fsp3) is 0.400. The Morgan fingerprint density at radius 3 is 2.76 bits per heavy atom. The first-order chi connectivity index (χ1) is 12.2. The minimum atomic E-state index is -0.0835. The number of nitrogens with one attached hydrogen (secondary N) is 1. The van der Waals surface area contributed by atoms with E-state index in [2.05, 4.69) is 22.4 Å². The van der Waals surface area contributed by atoms with Crippen molar-refractivity contribution in [3.05, 3.63) is 59.8 Å². The van der Waals surface area contributed by atoms with E-state index in [1.165, 1.54) is 12.8 Å². The number of morpholine rings is 1. The van der Waals surface area contributed by atoms with Gasteiger partial charge in [0.15, 0.2) is 0 Å². The van der Waals surface area contributed by atoms with Gasteiger partial charge < -0.3 is 15.0 Å². The zero-order chi connectivity index (χ0) is 17.2. The van der Waals surface area contributed by atoms with E-state index in [0.29, 0.717) is 24.7 Å². The summed E-state index contributed by atoms with van der Waals surface area (Å²) in [4.78, 5) is 19.2. The van der Waals surface area contributed by atoms with Gasteiger partial charge in [-0.1, -0.05) is 30.3 Å².